The molecule has 1 aromatic rings. The Bertz CT molecular complexity index is 311. The highest BCUT2D eigenvalue weighted by Gasteiger charge is 2.05. The molecule has 0 spiro atoms. The minimum Gasteiger partial charge on any atom is -0.375 e. The Kier molecular flexibility index (Phi) is 5.57. The molecule has 3 nitrogen and oxygen atoms in total. The summed E-state index contributed by atoms with van der Waals surface area (Å²) < 4.78 is 4.73. The molecule has 16 heavy (non-hydrogen) atoms. The van der Waals surface area contributed by atoms with E-state index in [9.17, 15) is 4.79 Å². The minimum atomic E-state index is -0.0530. The average Bonchev–Trinajstić information content (AvgIpc) is 2.30. The number of nitrogens with one attached hydrogen (secondary N) is 1. The van der Waals surface area contributed by atoms with Crippen molar-refractivity contribution in [2.45, 2.75) is 19.3 Å². The van der Waals surface area contributed by atoms with Crippen LogP contribution in [0.25, 0.3) is 0 Å². The van der Waals surface area contributed by atoms with Gasteiger partial charge in [-0.3, -0.25) is 4.79 Å². The summed E-state index contributed by atoms with van der Waals surface area (Å²) in [6.07, 6.45) is 0.944. The van der Waals surface area contributed by atoms with Gasteiger partial charge in [0.05, 0.1) is 0 Å². The fraction of sp³-hybridized carbons (Fsp3) is 0.462. The third-order valence-corrected chi connectivity index (χ3v) is 2.54. The van der Waals surface area contributed by atoms with Crippen LogP contribution in [0.2, 0.25) is 0 Å². The van der Waals surface area contributed by atoms with Crippen LogP contribution in [0.1, 0.15) is 24.8 Å². The smallest absolute Gasteiger partial charge is 0.245 e. The van der Waals surface area contributed by atoms with Gasteiger partial charge in [-0.2, -0.15) is 0 Å². The van der Waals surface area contributed by atoms with Crippen LogP contribution in [0.4, 0.5) is 0 Å². The van der Waals surface area contributed by atoms with E-state index < -0.39 is 0 Å². The molecule has 1 atom stereocenters. The third-order valence-electron chi connectivity index (χ3n) is 2.54. The van der Waals surface area contributed by atoms with E-state index in [1.165, 1.54) is 12.7 Å². The Labute approximate surface area is 96.8 Å². The van der Waals surface area contributed by atoms with Crippen LogP contribution in [0.3, 0.4) is 0 Å². The van der Waals surface area contributed by atoms with E-state index in [4.69, 9.17) is 4.74 Å². The highest BCUT2D eigenvalue weighted by Crippen LogP contribution is 2.17. The average molecular weight is 221 g/mol. The number of methoxy groups -OCH3 is 1. The Morgan fingerprint density at radius 1 is 1.38 bits per heavy atom. The van der Waals surface area contributed by atoms with Crippen molar-refractivity contribution in [3.8, 4) is 0 Å². The summed E-state index contributed by atoms with van der Waals surface area (Å²) in [6.45, 7) is 3.00. The number of rotatable bonds is 6. The van der Waals surface area contributed by atoms with Gasteiger partial charge in [-0.15, -0.1) is 0 Å². The fourth-order valence-electron chi connectivity index (χ4n) is 1.56. The summed E-state index contributed by atoms with van der Waals surface area (Å²) in [5.41, 5.74) is 1.31. The van der Waals surface area contributed by atoms with Crippen molar-refractivity contribution in [3.05, 3.63) is 35.9 Å². The number of ether oxygens (including phenoxy) is 1. The van der Waals surface area contributed by atoms with Crippen molar-refractivity contribution in [3.63, 3.8) is 0 Å². The van der Waals surface area contributed by atoms with Gasteiger partial charge < -0.3 is 10.1 Å². The molecule has 0 fully saturated rings. The Hall–Kier alpha value is -1.35. The van der Waals surface area contributed by atoms with Gasteiger partial charge in [0, 0.05) is 13.7 Å². The van der Waals surface area contributed by atoms with Crippen LogP contribution in [-0.2, 0) is 9.53 Å². The Balaban J connectivity index is 2.26. The van der Waals surface area contributed by atoms with Crippen molar-refractivity contribution in [2.24, 2.45) is 0 Å². The highest BCUT2D eigenvalue weighted by molar-refractivity contribution is 5.77. The first kappa shape index (κ1) is 12.7. The predicted octanol–water partition coefficient (Wildman–Crippen LogP) is 1.94. The molecule has 0 aliphatic rings. The molecule has 0 radical (unpaired) electrons. The van der Waals surface area contributed by atoms with Gasteiger partial charge in [0.15, 0.2) is 0 Å². The van der Waals surface area contributed by atoms with Crippen molar-refractivity contribution in [2.75, 3.05) is 20.3 Å². The normalized spacial score (nSPS) is 12.1. The number of amides is 1. The first-order valence-corrected chi connectivity index (χ1v) is 5.54. The van der Waals surface area contributed by atoms with E-state index in [1.54, 1.807) is 0 Å². The summed E-state index contributed by atoms with van der Waals surface area (Å²) in [7, 11) is 1.52. The molecule has 1 rings (SSSR count). The lowest BCUT2D eigenvalue weighted by Gasteiger charge is -2.12. The van der Waals surface area contributed by atoms with Crippen molar-refractivity contribution >= 4 is 5.91 Å². The first-order valence-electron chi connectivity index (χ1n) is 5.54. The second-order valence-corrected chi connectivity index (χ2v) is 3.88. The van der Waals surface area contributed by atoms with Gasteiger partial charge in [-0.05, 0) is 17.9 Å². The van der Waals surface area contributed by atoms with Crippen LogP contribution in [0.5, 0.6) is 0 Å². The number of hydrogen-bond acceptors (Lipinski definition) is 2. The molecule has 0 saturated carbocycles. The van der Waals surface area contributed by atoms with E-state index in [0.29, 0.717) is 12.5 Å². The second-order valence-electron chi connectivity index (χ2n) is 3.88. The number of carbonyl (C=O) groups is 1. The van der Waals surface area contributed by atoms with Crippen LogP contribution < -0.4 is 5.32 Å². The maximum absolute atomic E-state index is 11.1. The molecule has 88 valence electrons. The van der Waals surface area contributed by atoms with Gasteiger partial charge in [-0.1, -0.05) is 37.3 Å². The van der Waals surface area contributed by atoms with Crippen LogP contribution in [0, 0.1) is 0 Å². The molecule has 0 aliphatic carbocycles. The summed E-state index contributed by atoms with van der Waals surface area (Å²) in [5, 5.41) is 2.82. The quantitative estimate of drug-likeness (QED) is 0.797. The molecular weight excluding hydrogens is 202 g/mol. The monoisotopic (exact) mass is 221 g/mol. The zero-order valence-electron chi connectivity index (χ0n) is 9.90. The summed E-state index contributed by atoms with van der Waals surface area (Å²) in [4.78, 5) is 11.1. The summed E-state index contributed by atoms with van der Waals surface area (Å²) in [5.74, 6) is 0.409. The Morgan fingerprint density at radius 2 is 2.06 bits per heavy atom. The van der Waals surface area contributed by atoms with Crippen LogP contribution >= 0.6 is 0 Å². The summed E-state index contributed by atoms with van der Waals surface area (Å²) in [6, 6.07) is 10.3. The summed E-state index contributed by atoms with van der Waals surface area (Å²) >= 11 is 0. The van der Waals surface area contributed by atoms with Crippen molar-refractivity contribution < 1.29 is 9.53 Å². The first-order chi connectivity index (χ1) is 7.74. The highest BCUT2D eigenvalue weighted by atomic mass is 16.5. The van der Waals surface area contributed by atoms with Crippen LogP contribution in [0.15, 0.2) is 30.3 Å². The lowest BCUT2D eigenvalue weighted by molar-refractivity contribution is -0.124. The van der Waals surface area contributed by atoms with Gasteiger partial charge in [-0.25, -0.2) is 0 Å². The standard InChI is InChI=1S/C13H19NO2/c1-11(12-6-4-3-5-7-12)8-9-14-13(15)10-16-2/h3-7,11H,8-10H2,1-2H3,(H,14,15). The second kappa shape index (κ2) is 7.01. The number of carbonyl (C=O) groups excluding carboxylic acids is 1. The molecule has 1 N–H and O–H groups in total. The molecule has 3 heteroatoms. The molecule has 1 aromatic carbocycles. The topological polar surface area (TPSA) is 38.3 Å². The maximum atomic E-state index is 11.1. The largest absolute Gasteiger partial charge is 0.375 e. The van der Waals surface area contributed by atoms with Gasteiger partial charge in [0.1, 0.15) is 6.61 Å². The molecule has 0 aromatic heterocycles. The predicted molar refractivity (Wildman–Crippen MR) is 64.4 cm³/mol. The van der Waals surface area contributed by atoms with E-state index >= 15 is 0 Å². The third kappa shape index (κ3) is 4.45. The molecule has 0 saturated heterocycles. The zero-order valence-corrected chi connectivity index (χ0v) is 9.90. The van der Waals surface area contributed by atoms with Gasteiger partial charge in [0.25, 0.3) is 0 Å². The minimum absolute atomic E-state index is 0.0530. The SMILES string of the molecule is COCC(=O)NCCC(C)c1ccccc1. The number of benzene rings is 1. The van der Waals surface area contributed by atoms with Crippen LogP contribution in [-0.4, -0.2) is 26.2 Å². The zero-order chi connectivity index (χ0) is 11.8. The van der Waals surface area contributed by atoms with E-state index in [0.717, 1.165) is 6.42 Å². The van der Waals surface area contributed by atoms with Gasteiger partial charge in [0.2, 0.25) is 5.91 Å². The molecule has 1 unspecified atom stereocenters. The van der Waals surface area contributed by atoms with Crippen molar-refractivity contribution in [1.29, 1.82) is 0 Å². The van der Waals surface area contributed by atoms with Gasteiger partial charge >= 0.3 is 0 Å². The maximum Gasteiger partial charge on any atom is 0.245 e. The number of hydrogen-bond donors (Lipinski definition) is 1. The van der Waals surface area contributed by atoms with Crippen molar-refractivity contribution in [1.82, 2.24) is 5.32 Å². The lowest BCUT2D eigenvalue weighted by Crippen LogP contribution is -2.28. The Morgan fingerprint density at radius 3 is 2.69 bits per heavy atom. The molecule has 0 aliphatic heterocycles. The van der Waals surface area contributed by atoms with E-state index in [-0.39, 0.29) is 12.5 Å². The van der Waals surface area contributed by atoms with E-state index in [2.05, 4.69) is 24.4 Å². The molecule has 1 amide bonds. The lowest BCUT2D eigenvalue weighted by atomic mass is 9.98. The molecular formula is C13H19NO2. The molecule has 0 bridgehead atoms. The fourth-order valence-corrected chi connectivity index (χ4v) is 1.56. The van der Waals surface area contributed by atoms with E-state index in [1.807, 2.05) is 18.2 Å². The molecule has 0 heterocycles.